The zero-order valence-electron chi connectivity index (χ0n) is 24.8. The topological polar surface area (TPSA) is 74.3 Å². The molecule has 2 rings (SSSR count). The van der Waals surface area contributed by atoms with Crippen LogP contribution in [0.3, 0.4) is 0 Å². The number of hydrogen-bond acceptors (Lipinski definition) is 6. The monoisotopic (exact) mass is 573 g/mol. The molecule has 214 valence electrons. The summed E-state index contributed by atoms with van der Waals surface area (Å²) in [5, 5.41) is -0.00417. The van der Waals surface area contributed by atoms with Crippen molar-refractivity contribution in [1.82, 2.24) is 4.31 Å². The summed E-state index contributed by atoms with van der Waals surface area (Å²) in [4.78, 5) is 0.257. The fraction of sp³-hybridized carbons (Fsp3) is 0.778. The quantitative estimate of drug-likeness (QED) is 0.158. The minimum Gasteiger partial charge on any atom is -0.412 e. The second kappa shape index (κ2) is 13.2. The van der Waals surface area contributed by atoms with Gasteiger partial charge in [0.25, 0.3) is 0 Å². The third-order valence-electron chi connectivity index (χ3n) is 7.40. The van der Waals surface area contributed by atoms with Crippen molar-refractivity contribution < 1.29 is 27.1 Å². The smallest absolute Gasteiger partial charge is 0.245 e. The summed E-state index contributed by atoms with van der Waals surface area (Å²) in [7, 11) is -7.24. The Morgan fingerprint density at radius 3 is 2.16 bits per heavy atom. The molecule has 1 aliphatic heterocycles. The van der Waals surface area contributed by atoms with E-state index in [1.165, 1.54) is 4.31 Å². The van der Waals surface area contributed by atoms with Crippen LogP contribution in [0.4, 0.5) is 0 Å². The van der Waals surface area contributed by atoms with E-state index >= 15 is 0 Å². The molecule has 0 bridgehead atoms. The largest absolute Gasteiger partial charge is 0.412 e. The Morgan fingerprint density at radius 1 is 1.00 bits per heavy atom. The third-order valence-corrected chi connectivity index (χ3v) is 15.5. The van der Waals surface area contributed by atoms with Crippen molar-refractivity contribution in [2.45, 2.75) is 115 Å². The fourth-order valence-electron chi connectivity index (χ4n) is 4.06. The molecular weight excluding hydrogens is 523 g/mol. The van der Waals surface area contributed by atoms with E-state index in [-0.39, 0.29) is 29.4 Å². The third kappa shape index (κ3) is 9.23. The van der Waals surface area contributed by atoms with E-state index in [1.54, 1.807) is 12.1 Å². The second-order valence-electron chi connectivity index (χ2n) is 12.8. The fourth-order valence-corrected chi connectivity index (χ4v) is 7.95. The first-order valence-electron chi connectivity index (χ1n) is 13.5. The molecule has 1 fully saturated rings. The number of nitrogens with zero attached hydrogens (tertiary/aromatic N) is 1. The van der Waals surface area contributed by atoms with Gasteiger partial charge in [-0.15, -0.1) is 0 Å². The van der Waals surface area contributed by atoms with E-state index in [9.17, 15) is 8.42 Å². The molecule has 10 heteroatoms. The van der Waals surface area contributed by atoms with Gasteiger partial charge < -0.3 is 18.6 Å². The summed E-state index contributed by atoms with van der Waals surface area (Å²) in [6.07, 6.45) is 0.417. The number of benzene rings is 1. The lowest BCUT2D eigenvalue weighted by Gasteiger charge is -2.48. The van der Waals surface area contributed by atoms with Crippen LogP contribution in [0.5, 0.6) is 0 Å². The van der Waals surface area contributed by atoms with Crippen LogP contribution < -0.4 is 0 Å². The van der Waals surface area contributed by atoms with Crippen molar-refractivity contribution in [2.24, 2.45) is 0 Å². The number of sulfonamides is 1. The number of rotatable bonds is 13. The van der Waals surface area contributed by atoms with E-state index in [2.05, 4.69) is 53.5 Å². The number of ether oxygens (including phenoxy) is 3. The minimum atomic E-state index is -3.86. The summed E-state index contributed by atoms with van der Waals surface area (Å²) in [5.74, 6) is 0. The highest BCUT2D eigenvalue weighted by molar-refractivity contribution is 7.89. The van der Waals surface area contributed by atoms with Gasteiger partial charge in [-0.3, -0.25) is 0 Å². The van der Waals surface area contributed by atoms with Gasteiger partial charge in [0.1, 0.15) is 13.0 Å². The molecule has 3 atom stereocenters. The predicted molar refractivity (Wildman–Crippen MR) is 156 cm³/mol. The second-order valence-corrected chi connectivity index (χ2v) is 25.0. The first-order chi connectivity index (χ1) is 17.0. The summed E-state index contributed by atoms with van der Waals surface area (Å²) in [6, 6.07) is 7.53. The zero-order chi connectivity index (χ0) is 28.1. The Bertz CT molecular complexity index is 941. The number of piperidine rings is 1. The zero-order valence-corrected chi connectivity index (χ0v) is 27.6. The molecule has 0 aromatic heterocycles. The van der Waals surface area contributed by atoms with E-state index in [0.29, 0.717) is 26.1 Å². The Morgan fingerprint density at radius 2 is 1.62 bits per heavy atom. The summed E-state index contributed by atoms with van der Waals surface area (Å²) >= 11 is 0. The van der Waals surface area contributed by atoms with Crippen LogP contribution in [-0.2, 0) is 28.7 Å². The van der Waals surface area contributed by atoms with Crippen LogP contribution in [0.15, 0.2) is 29.2 Å². The Kier molecular flexibility index (Phi) is 11.6. The van der Waals surface area contributed by atoms with Gasteiger partial charge in [0.05, 0.1) is 23.6 Å². The Hall–Kier alpha value is -0.596. The molecule has 1 aromatic carbocycles. The van der Waals surface area contributed by atoms with Gasteiger partial charge in [0, 0.05) is 21.3 Å². The number of hydrogen-bond donors (Lipinski definition) is 0. The van der Waals surface area contributed by atoms with Gasteiger partial charge in [-0.1, -0.05) is 58.1 Å². The molecule has 0 spiro atoms. The van der Waals surface area contributed by atoms with Crippen molar-refractivity contribution in [3.63, 3.8) is 0 Å². The van der Waals surface area contributed by atoms with Crippen molar-refractivity contribution in [1.29, 1.82) is 0 Å². The average Bonchev–Trinajstić information content (AvgIpc) is 2.76. The van der Waals surface area contributed by atoms with Crippen molar-refractivity contribution in [3.8, 4) is 0 Å². The lowest BCUT2D eigenvalue weighted by molar-refractivity contribution is -0.124. The van der Waals surface area contributed by atoms with E-state index in [1.807, 2.05) is 26.0 Å². The van der Waals surface area contributed by atoms with E-state index < -0.39 is 38.7 Å². The number of aryl methyl sites for hydroxylation is 1. The molecule has 0 aliphatic carbocycles. The molecule has 1 unspecified atom stereocenters. The summed E-state index contributed by atoms with van der Waals surface area (Å²) < 4.78 is 54.3. The molecule has 0 saturated carbocycles. The minimum absolute atomic E-state index is 0.00417. The maximum atomic E-state index is 14.1. The first-order valence-corrected chi connectivity index (χ1v) is 21.6. The molecule has 1 heterocycles. The van der Waals surface area contributed by atoms with E-state index in [4.69, 9.17) is 18.6 Å². The van der Waals surface area contributed by atoms with E-state index in [0.717, 1.165) is 11.6 Å². The standard InChI is InChI=1S/C27H51NO6SSi2/c1-11-33-26-17-16-25(34-37(9,10)27(3,4)5)24(20-32-21-31-18-19-36(6,7)8)28(26)35(29,30)23-14-12-22(2)13-15-23/h12-15,24-26H,11,16-21H2,1-10H3/t24-,25+,26?/m1/s1. The lowest BCUT2D eigenvalue weighted by atomic mass is 10.0. The van der Waals surface area contributed by atoms with Crippen LogP contribution in [0.2, 0.25) is 43.8 Å². The lowest BCUT2D eigenvalue weighted by Crippen LogP contribution is -2.61. The highest BCUT2D eigenvalue weighted by Crippen LogP contribution is 2.41. The van der Waals surface area contributed by atoms with Crippen LogP contribution in [0.25, 0.3) is 0 Å². The highest BCUT2D eigenvalue weighted by Gasteiger charge is 2.49. The molecule has 0 N–H and O–H groups in total. The van der Waals surface area contributed by atoms with Crippen LogP contribution in [-0.4, -0.2) is 74.1 Å². The molecule has 1 aliphatic rings. The summed E-state index contributed by atoms with van der Waals surface area (Å²) in [5.41, 5.74) is 1.01. The molecular formula is C27H51NO6SSi2. The SMILES string of the molecule is CCOC1CC[C@H](O[Si](C)(C)C(C)(C)C)[C@@H](COCOCC[Si](C)(C)C)N1S(=O)(=O)c1ccc(C)cc1. The average molecular weight is 574 g/mol. The van der Waals surface area contributed by atoms with Crippen molar-refractivity contribution in [2.75, 3.05) is 26.6 Å². The van der Waals surface area contributed by atoms with Gasteiger partial charge >= 0.3 is 0 Å². The molecule has 37 heavy (non-hydrogen) atoms. The van der Waals surface area contributed by atoms with Crippen LogP contribution >= 0.6 is 0 Å². The first kappa shape index (κ1) is 32.6. The highest BCUT2D eigenvalue weighted by atomic mass is 32.2. The molecule has 7 nitrogen and oxygen atoms in total. The molecule has 0 amide bonds. The maximum absolute atomic E-state index is 14.1. The molecule has 0 radical (unpaired) electrons. The van der Waals surface area contributed by atoms with Crippen molar-refractivity contribution >= 4 is 26.4 Å². The van der Waals surface area contributed by atoms with Gasteiger partial charge in [0.2, 0.25) is 10.0 Å². The van der Waals surface area contributed by atoms with Gasteiger partial charge in [-0.2, -0.15) is 4.31 Å². The van der Waals surface area contributed by atoms with Gasteiger partial charge in [-0.05, 0) is 63.0 Å². The predicted octanol–water partition coefficient (Wildman–Crippen LogP) is 6.23. The van der Waals surface area contributed by atoms with Crippen LogP contribution in [0, 0.1) is 6.92 Å². The normalized spacial score (nSPS) is 22.4. The maximum Gasteiger partial charge on any atom is 0.245 e. The Balaban J connectivity index is 2.37. The Labute approximate surface area is 228 Å². The van der Waals surface area contributed by atoms with Crippen LogP contribution in [0.1, 0.15) is 46.1 Å². The van der Waals surface area contributed by atoms with Gasteiger partial charge in [0.15, 0.2) is 8.32 Å². The molecule has 1 saturated heterocycles. The van der Waals surface area contributed by atoms with Gasteiger partial charge in [-0.25, -0.2) is 8.42 Å². The van der Waals surface area contributed by atoms with Crippen molar-refractivity contribution in [3.05, 3.63) is 29.8 Å². The summed E-state index contributed by atoms with van der Waals surface area (Å²) in [6.45, 7) is 23.2. The molecule has 1 aromatic rings.